The summed E-state index contributed by atoms with van der Waals surface area (Å²) in [5.41, 5.74) is 8.89. The standard InChI is InChI=1S/C22H29N3O3/c1-16(2)21(23)22(27)25-13-20(26)24-12-18-9-6-10-19(11-18)15-28-14-17-7-4-3-5-8-17/h3-11,16,21H,12-15,23H2,1-2H3,(H,24,26)(H,25,27)/t21-/m0/s1. The number of hydrogen-bond donors (Lipinski definition) is 3. The Morgan fingerprint density at radius 1 is 0.929 bits per heavy atom. The van der Waals surface area contributed by atoms with Gasteiger partial charge in [-0.3, -0.25) is 9.59 Å². The minimum atomic E-state index is -0.611. The normalized spacial score (nSPS) is 11.9. The third-order valence-corrected chi connectivity index (χ3v) is 4.31. The van der Waals surface area contributed by atoms with E-state index in [-0.39, 0.29) is 24.3 Å². The van der Waals surface area contributed by atoms with Crippen LogP contribution in [0.3, 0.4) is 0 Å². The van der Waals surface area contributed by atoms with Crippen LogP contribution in [-0.2, 0) is 34.1 Å². The van der Waals surface area contributed by atoms with Gasteiger partial charge in [0.05, 0.1) is 25.8 Å². The van der Waals surface area contributed by atoms with Crippen molar-refractivity contribution in [3.8, 4) is 0 Å². The van der Waals surface area contributed by atoms with E-state index in [0.717, 1.165) is 16.7 Å². The highest BCUT2D eigenvalue weighted by atomic mass is 16.5. The van der Waals surface area contributed by atoms with Crippen LogP contribution in [0.5, 0.6) is 0 Å². The van der Waals surface area contributed by atoms with E-state index in [9.17, 15) is 9.59 Å². The van der Waals surface area contributed by atoms with Gasteiger partial charge in [0.1, 0.15) is 0 Å². The van der Waals surface area contributed by atoms with E-state index >= 15 is 0 Å². The molecule has 0 aliphatic carbocycles. The largest absolute Gasteiger partial charge is 0.372 e. The summed E-state index contributed by atoms with van der Waals surface area (Å²) in [7, 11) is 0. The number of rotatable bonds is 10. The van der Waals surface area contributed by atoms with Crippen LogP contribution in [0, 0.1) is 5.92 Å². The molecule has 28 heavy (non-hydrogen) atoms. The smallest absolute Gasteiger partial charge is 0.239 e. The molecule has 0 aromatic heterocycles. The highest BCUT2D eigenvalue weighted by molar-refractivity contribution is 5.87. The second-order valence-corrected chi connectivity index (χ2v) is 7.06. The maximum Gasteiger partial charge on any atom is 0.239 e. The van der Waals surface area contributed by atoms with Crippen LogP contribution in [0.4, 0.5) is 0 Å². The average molecular weight is 383 g/mol. The number of nitrogens with two attached hydrogens (primary N) is 1. The summed E-state index contributed by atoms with van der Waals surface area (Å²) in [5.74, 6) is -0.548. The van der Waals surface area contributed by atoms with Crippen molar-refractivity contribution in [1.82, 2.24) is 10.6 Å². The Balaban J connectivity index is 1.73. The molecule has 0 spiro atoms. The summed E-state index contributed by atoms with van der Waals surface area (Å²) in [4.78, 5) is 23.7. The van der Waals surface area contributed by atoms with Crippen LogP contribution in [0.1, 0.15) is 30.5 Å². The van der Waals surface area contributed by atoms with Gasteiger partial charge < -0.3 is 21.1 Å². The molecular formula is C22H29N3O3. The van der Waals surface area contributed by atoms with E-state index in [1.54, 1.807) is 0 Å². The van der Waals surface area contributed by atoms with Gasteiger partial charge in [-0.2, -0.15) is 0 Å². The lowest BCUT2D eigenvalue weighted by Crippen LogP contribution is -2.47. The Labute approximate surface area is 166 Å². The Morgan fingerprint density at radius 3 is 2.29 bits per heavy atom. The number of hydrogen-bond acceptors (Lipinski definition) is 4. The maximum absolute atomic E-state index is 11.9. The van der Waals surface area contributed by atoms with E-state index in [1.807, 2.05) is 68.4 Å². The number of carbonyl (C=O) groups excluding carboxylic acids is 2. The summed E-state index contributed by atoms with van der Waals surface area (Å²) in [6.45, 7) is 5.08. The third kappa shape index (κ3) is 7.50. The molecule has 0 fully saturated rings. The van der Waals surface area contributed by atoms with Crippen LogP contribution in [0.25, 0.3) is 0 Å². The Kier molecular flexibility index (Phi) is 8.65. The Hall–Kier alpha value is -2.70. The summed E-state index contributed by atoms with van der Waals surface area (Å²) >= 11 is 0. The monoisotopic (exact) mass is 383 g/mol. The van der Waals surface area contributed by atoms with Crippen LogP contribution in [0.2, 0.25) is 0 Å². The molecule has 0 bridgehead atoms. The number of ether oxygens (including phenoxy) is 1. The fourth-order valence-corrected chi connectivity index (χ4v) is 2.54. The molecule has 0 aliphatic rings. The highest BCUT2D eigenvalue weighted by Gasteiger charge is 2.17. The van der Waals surface area contributed by atoms with Crippen molar-refractivity contribution in [1.29, 1.82) is 0 Å². The molecule has 6 heteroatoms. The van der Waals surface area contributed by atoms with Gasteiger partial charge in [-0.05, 0) is 22.6 Å². The minimum Gasteiger partial charge on any atom is -0.372 e. The molecule has 0 saturated carbocycles. The van der Waals surface area contributed by atoms with Gasteiger partial charge in [0.25, 0.3) is 0 Å². The van der Waals surface area contributed by atoms with Crippen LogP contribution < -0.4 is 16.4 Å². The molecule has 1 atom stereocenters. The lowest BCUT2D eigenvalue weighted by atomic mass is 10.1. The fourth-order valence-electron chi connectivity index (χ4n) is 2.54. The third-order valence-electron chi connectivity index (χ3n) is 4.31. The molecule has 2 rings (SSSR count). The van der Waals surface area contributed by atoms with Gasteiger partial charge in [-0.1, -0.05) is 68.4 Å². The van der Waals surface area contributed by atoms with Crippen molar-refractivity contribution >= 4 is 11.8 Å². The van der Waals surface area contributed by atoms with Gasteiger partial charge >= 0.3 is 0 Å². The van der Waals surface area contributed by atoms with Gasteiger partial charge in [0, 0.05) is 6.54 Å². The molecule has 0 unspecified atom stereocenters. The van der Waals surface area contributed by atoms with Gasteiger partial charge in [0.2, 0.25) is 11.8 Å². The molecule has 2 aromatic rings. The lowest BCUT2D eigenvalue weighted by Gasteiger charge is -2.15. The second kappa shape index (κ2) is 11.2. The minimum absolute atomic E-state index is 0.0231. The van der Waals surface area contributed by atoms with Gasteiger partial charge in [0.15, 0.2) is 0 Å². The quantitative estimate of drug-likeness (QED) is 0.586. The predicted molar refractivity (Wildman–Crippen MR) is 109 cm³/mol. The van der Waals surface area contributed by atoms with Crippen LogP contribution in [-0.4, -0.2) is 24.4 Å². The maximum atomic E-state index is 11.9. The fraction of sp³-hybridized carbons (Fsp3) is 0.364. The van der Waals surface area contributed by atoms with Crippen molar-refractivity contribution in [3.05, 3.63) is 71.3 Å². The molecule has 2 amide bonds. The molecule has 2 aromatic carbocycles. The number of nitrogens with one attached hydrogen (secondary N) is 2. The van der Waals surface area contributed by atoms with Gasteiger partial charge in [-0.15, -0.1) is 0 Å². The summed E-state index contributed by atoms with van der Waals surface area (Å²) in [6.07, 6.45) is 0. The first-order chi connectivity index (χ1) is 13.5. The zero-order chi connectivity index (χ0) is 20.4. The second-order valence-electron chi connectivity index (χ2n) is 7.06. The van der Waals surface area contributed by atoms with Gasteiger partial charge in [-0.25, -0.2) is 0 Å². The van der Waals surface area contributed by atoms with Crippen molar-refractivity contribution in [2.45, 2.75) is 39.6 Å². The predicted octanol–water partition coefficient (Wildman–Crippen LogP) is 2.12. The van der Waals surface area contributed by atoms with Crippen molar-refractivity contribution < 1.29 is 14.3 Å². The van der Waals surface area contributed by atoms with Crippen molar-refractivity contribution in [3.63, 3.8) is 0 Å². The summed E-state index contributed by atoms with van der Waals surface area (Å²) < 4.78 is 5.75. The zero-order valence-corrected chi connectivity index (χ0v) is 16.5. The molecule has 6 nitrogen and oxygen atoms in total. The molecule has 0 radical (unpaired) electrons. The van der Waals surface area contributed by atoms with E-state index in [2.05, 4.69) is 10.6 Å². The highest BCUT2D eigenvalue weighted by Crippen LogP contribution is 2.09. The first kappa shape index (κ1) is 21.6. The Bertz CT molecular complexity index is 763. The van der Waals surface area contributed by atoms with Crippen LogP contribution >= 0.6 is 0 Å². The first-order valence-electron chi connectivity index (χ1n) is 9.45. The average Bonchev–Trinajstić information content (AvgIpc) is 2.71. The van der Waals surface area contributed by atoms with E-state index in [0.29, 0.717) is 19.8 Å². The number of benzene rings is 2. The molecule has 0 heterocycles. The molecule has 4 N–H and O–H groups in total. The summed E-state index contributed by atoms with van der Waals surface area (Å²) in [5, 5.41) is 5.36. The SMILES string of the molecule is CC(C)[C@H](N)C(=O)NCC(=O)NCc1cccc(COCc2ccccc2)c1. The number of carbonyl (C=O) groups is 2. The molecule has 0 saturated heterocycles. The molecule has 150 valence electrons. The first-order valence-corrected chi connectivity index (χ1v) is 9.45. The Morgan fingerprint density at radius 2 is 1.57 bits per heavy atom. The van der Waals surface area contributed by atoms with E-state index < -0.39 is 6.04 Å². The topological polar surface area (TPSA) is 93.5 Å². The summed E-state index contributed by atoms with van der Waals surface area (Å²) in [6, 6.07) is 17.3. The van der Waals surface area contributed by atoms with Crippen molar-refractivity contribution in [2.75, 3.05) is 6.54 Å². The van der Waals surface area contributed by atoms with E-state index in [1.165, 1.54) is 0 Å². The molecular weight excluding hydrogens is 354 g/mol. The van der Waals surface area contributed by atoms with E-state index in [4.69, 9.17) is 10.5 Å². The number of amides is 2. The van der Waals surface area contributed by atoms with Crippen LogP contribution in [0.15, 0.2) is 54.6 Å². The lowest BCUT2D eigenvalue weighted by molar-refractivity contribution is -0.127. The van der Waals surface area contributed by atoms with Crippen molar-refractivity contribution in [2.24, 2.45) is 11.7 Å². The molecule has 0 aliphatic heterocycles. The zero-order valence-electron chi connectivity index (χ0n) is 16.5.